The zero-order valence-electron chi connectivity index (χ0n) is 13.8. The number of carbonyl (C=O) groups excluding carboxylic acids is 2. The van der Waals surface area contributed by atoms with Gasteiger partial charge in [0.1, 0.15) is 17.0 Å². The highest BCUT2D eigenvalue weighted by Crippen LogP contribution is 2.46. The smallest absolute Gasteiger partial charge is 0.268 e. The summed E-state index contributed by atoms with van der Waals surface area (Å²) in [6.45, 7) is 0.445. The molecule has 1 aliphatic carbocycles. The minimum atomic E-state index is -0.970. The first-order chi connectivity index (χ1) is 11.5. The number of hydrogen-bond acceptors (Lipinski definition) is 5. The highest BCUT2D eigenvalue weighted by atomic mass is 16.5. The molecule has 3 rings (SSSR count). The molecule has 1 saturated carbocycles. The fourth-order valence-corrected chi connectivity index (χ4v) is 3.17. The average Bonchev–Trinajstić information content (AvgIpc) is 3.37. The van der Waals surface area contributed by atoms with Crippen LogP contribution < -0.4 is 21.2 Å². The molecule has 4 N–H and O–H groups in total. The molecule has 7 nitrogen and oxygen atoms in total. The van der Waals surface area contributed by atoms with Crippen molar-refractivity contribution in [2.24, 2.45) is 11.7 Å². The molecule has 1 atom stereocenters. The number of methoxy groups -OCH3 is 1. The second kappa shape index (κ2) is 6.16. The predicted octanol–water partition coefficient (Wildman–Crippen LogP) is 0.279. The molecule has 0 bridgehead atoms. The summed E-state index contributed by atoms with van der Waals surface area (Å²) < 4.78 is 5.16. The molecule has 1 fully saturated rings. The summed E-state index contributed by atoms with van der Waals surface area (Å²) in [5.41, 5.74) is 9.19. The first kappa shape index (κ1) is 16.3. The highest BCUT2D eigenvalue weighted by Gasteiger charge is 2.56. The Bertz CT molecular complexity index is 682. The molecule has 24 heavy (non-hydrogen) atoms. The van der Waals surface area contributed by atoms with Gasteiger partial charge in [-0.15, -0.1) is 0 Å². The van der Waals surface area contributed by atoms with Crippen molar-refractivity contribution in [1.29, 1.82) is 0 Å². The Morgan fingerprint density at radius 2 is 2.04 bits per heavy atom. The van der Waals surface area contributed by atoms with Crippen molar-refractivity contribution in [2.45, 2.75) is 24.9 Å². The van der Waals surface area contributed by atoms with E-state index in [4.69, 9.17) is 10.5 Å². The number of hydrogen-bond donors (Lipinski definition) is 3. The summed E-state index contributed by atoms with van der Waals surface area (Å²) in [5.74, 6) is 0.187. The molecule has 1 aromatic carbocycles. The van der Waals surface area contributed by atoms with E-state index < -0.39 is 11.4 Å². The molecule has 1 aromatic rings. The lowest BCUT2D eigenvalue weighted by atomic mass is 9.91. The molecule has 7 heteroatoms. The van der Waals surface area contributed by atoms with Crippen molar-refractivity contribution in [1.82, 2.24) is 15.8 Å². The van der Waals surface area contributed by atoms with Gasteiger partial charge >= 0.3 is 0 Å². The van der Waals surface area contributed by atoms with Gasteiger partial charge in [-0.05, 0) is 42.5 Å². The molecule has 0 saturated heterocycles. The summed E-state index contributed by atoms with van der Waals surface area (Å²) in [6, 6.07) is 7.58. The molecule has 2 amide bonds. The van der Waals surface area contributed by atoms with Crippen molar-refractivity contribution in [3.8, 4) is 5.75 Å². The Morgan fingerprint density at radius 3 is 2.54 bits per heavy atom. The van der Waals surface area contributed by atoms with Gasteiger partial charge in [0.25, 0.3) is 5.91 Å². The Morgan fingerprint density at radius 1 is 1.38 bits per heavy atom. The second-order valence-corrected chi connectivity index (χ2v) is 6.15. The summed E-state index contributed by atoms with van der Waals surface area (Å²) in [6.07, 6.45) is 3.51. The predicted molar refractivity (Wildman–Crippen MR) is 88.5 cm³/mol. The monoisotopic (exact) mass is 330 g/mol. The van der Waals surface area contributed by atoms with E-state index in [1.165, 1.54) is 0 Å². The minimum Gasteiger partial charge on any atom is -0.497 e. The van der Waals surface area contributed by atoms with Crippen LogP contribution in [-0.2, 0) is 16.1 Å². The van der Waals surface area contributed by atoms with Gasteiger partial charge in [-0.25, -0.2) is 0 Å². The van der Waals surface area contributed by atoms with Crippen LogP contribution in [0.4, 0.5) is 0 Å². The molecular formula is C17H22N4O3. The van der Waals surface area contributed by atoms with Gasteiger partial charge in [-0.2, -0.15) is 5.01 Å². The number of rotatable bonds is 6. The number of ether oxygens (including phenoxy) is 1. The Labute approximate surface area is 140 Å². The Balaban J connectivity index is 1.90. The van der Waals surface area contributed by atoms with Crippen LogP contribution in [0.1, 0.15) is 18.4 Å². The molecule has 0 radical (unpaired) electrons. The standard InChI is InChI=1S/C17H22N4O3/c1-19-15(22)14-9-17(16(18)23,12-5-6-12)21(20-14)10-11-3-7-13(24-2)8-4-11/h3-4,7-9,12,20H,5-6,10H2,1-2H3,(H2,18,23)(H,19,22). The zero-order valence-corrected chi connectivity index (χ0v) is 13.8. The normalized spacial score (nSPS) is 23.3. The topological polar surface area (TPSA) is 96.7 Å². The summed E-state index contributed by atoms with van der Waals surface area (Å²) >= 11 is 0. The van der Waals surface area contributed by atoms with Gasteiger partial charge in [-0.1, -0.05) is 12.1 Å². The van der Waals surface area contributed by atoms with Crippen LogP contribution in [0, 0.1) is 5.92 Å². The largest absolute Gasteiger partial charge is 0.497 e. The van der Waals surface area contributed by atoms with E-state index in [0.29, 0.717) is 12.2 Å². The maximum Gasteiger partial charge on any atom is 0.268 e. The number of nitrogens with one attached hydrogen (secondary N) is 2. The number of hydrazine groups is 1. The van der Waals surface area contributed by atoms with E-state index in [9.17, 15) is 9.59 Å². The van der Waals surface area contributed by atoms with Gasteiger partial charge < -0.3 is 21.2 Å². The fourth-order valence-electron chi connectivity index (χ4n) is 3.17. The third kappa shape index (κ3) is 2.71. The maximum atomic E-state index is 12.3. The molecule has 128 valence electrons. The first-order valence-corrected chi connectivity index (χ1v) is 7.93. The van der Waals surface area contributed by atoms with Crippen molar-refractivity contribution in [3.05, 3.63) is 41.6 Å². The van der Waals surface area contributed by atoms with Crippen LogP contribution in [0.5, 0.6) is 5.75 Å². The molecular weight excluding hydrogens is 308 g/mol. The summed E-state index contributed by atoms with van der Waals surface area (Å²) in [4.78, 5) is 24.3. The lowest BCUT2D eigenvalue weighted by Gasteiger charge is -2.35. The molecule has 2 aliphatic rings. The van der Waals surface area contributed by atoms with E-state index in [1.807, 2.05) is 24.3 Å². The first-order valence-electron chi connectivity index (χ1n) is 7.93. The van der Waals surface area contributed by atoms with Crippen molar-refractivity contribution >= 4 is 11.8 Å². The summed E-state index contributed by atoms with van der Waals surface area (Å²) in [5, 5.41) is 4.35. The number of carbonyl (C=O) groups is 2. The third-order valence-electron chi connectivity index (χ3n) is 4.63. The maximum absolute atomic E-state index is 12.3. The zero-order chi connectivity index (χ0) is 17.3. The Hall–Kier alpha value is -2.54. The minimum absolute atomic E-state index is 0.128. The third-order valence-corrected chi connectivity index (χ3v) is 4.63. The number of benzene rings is 1. The van der Waals surface area contributed by atoms with Crippen LogP contribution in [0.25, 0.3) is 0 Å². The molecule has 0 spiro atoms. The van der Waals surface area contributed by atoms with Crippen LogP contribution in [-0.4, -0.2) is 36.5 Å². The van der Waals surface area contributed by atoms with Crippen LogP contribution in [0.2, 0.25) is 0 Å². The Kier molecular flexibility index (Phi) is 4.19. The van der Waals surface area contributed by atoms with Gasteiger partial charge in [-0.3, -0.25) is 9.59 Å². The van der Waals surface area contributed by atoms with E-state index >= 15 is 0 Å². The number of primary amides is 1. The molecule has 0 aromatic heterocycles. The van der Waals surface area contributed by atoms with Gasteiger partial charge in [0.2, 0.25) is 5.91 Å². The van der Waals surface area contributed by atoms with Crippen LogP contribution in [0.3, 0.4) is 0 Å². The van der Waals surface area contributed by atoms with E-state index in [-0.39, 0.29) is 11.8 Å². The average molecular weight is 330 g/mol. The van der Waals surface area contributed by atoms with Crippen molar-refractivity contribution in [2.75, 3.05) is 14.2 Å². The second-order valence-electron chi connectivity index (χ2n) is 6.15. The van der Waals surface area contributed by atoms with Gasteiger partial charge in [0.15, 0.2) is 0 Å². The molecule has 1 heterocycles. The van der Waals surface area contributed by atoms with Crippen molar-refractivity contribution in [3.63, 3.8) is 0 Å². The molecule has 1 aliphatic heterocycles. The SMILES string of the molecule is CNC(=O)C1=CC(C(N)=O)(C2CC2)N(Cc2ccc(OC)cc2)N1. The summed E-state index contributed by atoms with van der Waals surface area (Å²) in [7, 11) is 3.17. The van der Waals surface area contributed by atoms with Gasteiger partial charge in [0.05, 0.1) is 7.11 Å². The number of amides is 2. The van der Waals surface area contributed by atoms with Crippen molar-refractivity contribution < 1.29 is 14.3 Å². The van der Waals surface area contributed by atoms with Crippen LogP contribution >= 0.6 is 0 Å². The lowest BCUT2D eigenvalue weighted by molar-refractivity contribution is -0.130. The van der Waals surface area contributed by atoms with Crippen LogP contribution in [0.15, 0.2) is 36.0 Å². The van der Waals surface area contributed by atoms with Gasteiger partial charge in [0, 0.05) is 13.6 Å². The van der Waals surface area contributed by atoms with E-state index in [1.54, 1.807) is 25.2 Å². The van der Waals surface area contributed by atoms with E-state index in [0.717, 1.165) is 24.2 Å². The van der Waals surface area contributed by atoms with E-state index in [2.05, 4.69) is 10.7 Å². The fraction of sp³-hybridized carbons (Fsp3) is 0.412. The molecule has 1 unspecified atom stereocenters. The quantitative estimate of drug-likeness (QED) is 0.696. The lowest BCUT2D eigenvalue weighted by Crippen LogP contribution is -2.58. The number of likely N-dealkylation sites (N-methyl/N-ethyl adjacent to an activating group) is 1. The number of nitrogens with two attached hydrogens (primary N) is 1. The number of nitrogens with zero attached hydrogens (tertiary/aromatic N) is 1. The highest BCUT2D eigenvalue weighted by molar-refractivity contribution is 5.97.